The molecule has 0 aliphatic carbocycles. The van der Waals surface area contributed by atoms with Crippen molar-refractivity contribution in [2.24, 2.45) is 5.73 Å². The van der Waals surface area contributed by atoms with Crippen molar-refractivity contribution in [2.45, 2.75) is 34.3 Å². The van der Waals surface area contributed by atoms with Gasteiger partial charge in [0.1, 0.15) is 12.6 Å². The van der Waals surface area contributed by atoms with Crippen LogP contribution in [0.4, 0.5) is 4.79 Å². The normalized spacial score (nSPS) is 11.3. The molecule has 196 valence electrons. The Morgan fingerprint density at radius 1 is 0.892 bits per heavy atom. The number of carbonyl (C=O) groups excluding carboxylic acids is 3. The predicted molar refractivity (Wildman–Crippen MR) is 139 cm³/mol. The second-order valence-corrected chi connectivity index (χ2v) is 10.7. The first kappa shape index (κ1) is 29.4. The highest BCUT2D eigenvalue weighted by Gasteiger charge is 2.28. The van der Waals surface area contributed by atoms with Crippen molar-refractivity contribution in [3.8, 4) is 0 Å². The fraction of sp³-hybridized carbons (Fsp3) is 0.192. The fourth-order valence-corrected chi connectivity index (χ4v) is 5.18. The molecule has 3 aromatic carbocycles. The van der Waals surface area contributed by atoms with E-state index in [1.54, 1.807) is 12.1 Å². The number of sulfone groups is 1. The van der Waals surface area contributed by atoms with Crippen molar-refractivity contribution in [3.05, 3.63) is 90.5 Å². The average Bonchev–Trinajstić information content (AvgIpc) is 2.88. The van der Waals surface area contributed by atoms with Gasteiger partial charge in [-0.1, -0.05) is 60.3 Å². The third-order valence-corrected chi connectivity index (χ3v) is 7.41. The van der Waals surface area contributed by atoms with Crippen LogP contribution < -0.4 is 11.1 Å². The number of primary amides is 1. The molecule has 9 nitrogen and oxygen atoms in total. The number of esters is 1. The summed E-state index contributed by atoms with van der Waals surface area (Å²) in [7, 11) is -2.64. The molecule has 0 heterocycles. The summed E-state index contributed by atoms with van der Waals surface area (Å²) >= 11 is 1.51. The molecule has 3 rings (SSSR count). The number of nitrogens with one attached hydrogen (secondary N) is 1. The van der Waals surface area contributed by atoms with Crippen LogP contribution in [0.2, 0.25) is 0 Å². The van der Waals surface area contributed by atoms with Crippen LogP contribution in [0.25, 0.3) is 0 Å². The van der Waals surface area contributed by atoms with Gasteiger partial charge in [0.25, 0.3) is 0 Å². The highest BCUT2D eigenvalue weighted by Crippen LogP contribution is 2.28. The molecule has 3 N–H and O–H groups in total. The first-order chi connectivity index (χ1) is 17.6. The average molecular weight is 545 g/mol. The summed E-state index contributed by atoms with van der Waals surface area (Å²) in [4.78, 5) is 35.1. The van der Waals surface area contributed by atoms with Gasteiger partial charge in [0.15, 0.2) is 9.84 Å². The van der Waals surface area contributed by atoms with Crippen LogP contribution >= 0.6 is 11.8 Å². The number of amides is 2. The number of benzene rings is 3. The zero-order chi connectivity index (χ0) is 27.3. The Labute approximate surface area is 220 Å². The SMILES string of the molecule is COC(=O)C(CS(=O)(=O)c1ccc(Sc2ccccc2)cc1)NC(C)=O.NC(=O)OCc1ccccc1. The minimum absolute atomic E-state index is 0.0779. The van der Waals surface area contributed by atoms with Crippen molar-refractivity contribution in [3.63, 3.8) is 0 Å². The van der Waals surface area contributed by atoms with Crippen molar-refractivity contribution in [1.82, 2.24) is 5.32 Å². The molecular weight excluding hydrogens is 516 g/mol. The molecule has 1 unspecified atom stereocenters. The number of carbonyl (C=O) groups is 3. The zero-order valence-electron chi connectivity index (χ0n) is 20.3. The first-order valence-corrected chi connectivity index (χ1v) is 13.4. The van der Waals surface area contributed by atoms with Crippen LogP contribution in [0, 0.1) is 0 Å². The fourth-order valence-electron chi connectivity index (χ4n) is 2.94. The Balaban J connectivity index is 0.000000364. The van der Waals surface area contributed by atoms with Gasteiger partial charge in [-0.15, -0.1) is 0 Å². The molecule has 1 atom stereocenters. The number of ether oxygens (including phenoxy) is 2. The van der Waals surface area contributed by atoms with Gasteiger partial charge in [-0.2, -0.15) is 0 Å². The van der Waals surface area contributed by atoms with E-state index < -0.39 is 39.6 Å². The number of hydrogen-bond acceptors (Lipinski definition) is 8. The Morgan fingerprint density at radius 3 is 1.95 bits per heavy atom. The molecule has 0 bridgehead atoms. The molecule has 0 aliphatic rings. The zero-order valence-corrected chi connectivity index (χ0v) is 22.0. The lowest BCUT2D eigenvalue weighted by Gasteiger charge is -2.15. The van der Waals surface area contributed by atoms with E-state index in [4.69, 9.17) is 5.73 Å². The maximum absolute atomic E-state index is 12.5. The van der Waals surface area contributed by atoms with Gasteiger partial charge in [-0.25, -0.2) is 18.0 Å². The maximum atomic E-state index is 12.5. The lowest BCUT2D eigenvalue weighted by molar-refractivity contribution is -0.144. The third-order valence-electron chi connectivity index (χ3n) is 4.63. The Kier molecular flexibility index (Phi) is 11.7. The molecular formula is C26H28N2O7S2. The number of methoxy groups -OCH3 is 1. The molecule has 3 aromatic rings. The molecule has 11 heteroatoms. The smallest absolute Gasteiger partial charge is 0.404 e. The van der Waals surface area contributed by atoms with E-state index in [0.717, 1.165) is 22.5 Å². The van der Waals surface area contributed by atoms with E-state index in [2.05, 4.69) is 14.8 Å². The second kappa shape index (κ2) is 14.7. The predicted octanol–water partition coefficient (Wildman–Crippen LogP) is 3.57. The van der Waals surface area contributed by atoms with Crippen LogP contribution in [0.15, 0.2) is 99.6 Å². The minimum Gasteiger partial charge on any atom is -0.467 e. The first-order valence-electron chi connectivity index (χ1n) is 11.0. The molecule has 0 fully saturated rings. The summed E-state index contributed by atoms with van der Waals surface area (Å²) in [6.07, 6.45) is -0.742. The van der Waals surface area contributed by atoms with Crippen molar-refractivity contribution >= 4 is 39.6 Å². The summed E-state index contributed by atoms with van der Waals surface area (Å²) < 4.78 is 34.2. The quantitative estimate of drug-likeness (QED) is 0.390. The summed E-state index contributed by atoms with van der Waals surface area (Å²) in [6.45, 7) is 1.45. The monoisotopic (exact) mass is 544 g/mol. The van der Waals surface area contributed by atoms with E-state index in [0.29, 0.717) is 0 Å². The van der Waals surface area contributed by atoms with Gasteiger partial charge in [-0.3, -0.25) is 4.79 Å². The van der Waals surface area contributed by atoms with E-state index in [1.165, 1.54) is 30.8 Å². The van der Waals surface area contributed by atoms with Gasteiger partial charge in [0, 0.05) is 16.7 Å². The molecule has 37 heavy (non-hydrogen) atoms. The van der Waals surface area contributed by atoms with E-state index in [-0.39, 0.29) is 11.5 Å². The second-order valence-electron chi connectivity index (χ2n) is 7.54. The van der Waals surface area contributed by atoms with E-state index in [9.17, 15) is 22.8 Å². The molecule has 0 radical (unpaired) electrons. The molecule has 0 spiro atoms. The van der Waals surface area contributed by atoms with Gasteiger partial charge in [0.2, 0.25) is 5.91 Å². The Morgan fingerprint density at radius 2 is 1.43 bits per heavy atom. The van der Waals surface area contributed by atoms with Crippen LogP contribution in [0.1, 0.15) is 12.5 Å². The number of nitrogens with two attached hydrogens (primary N) is 1. The topological polar surface area (TPSA) is 142 Å². The largest absolute Gasteiger partial charge is 0.467 e. The van der Waals surface area contributed by atoms with Crippen LogP contribution in [0.5, 0.6) is 0 Å². The summed E-state index contributed by atoms with van der Waals surface area (Å²) in [5, 5.41) is 2.30. The summed E-state index contributed by atoms with van der Waals surface area (Å²) in [5.41, 5.74) is 5.72. The van der Waals surface area contributed by atoms with Gasteiger partial charge >= 0.3 is 12.1 Å². The lowest BCUT2D eigenvalue weighted by Crippen LogP contribution is -2.45. The summed E-state index contributed by atoms with van der Waals surface area (Å²) in [5.74, 6) is -1.88. The molecule has 0 saturated carbocycles. The number of rotatable bonds is 9. The standard InChI is InChI=1S/C18H19NO5S2.C8H9NO2/c1-13(20)19-17(18(21)24-2)12-26(22,23)16-10-8-15(9-11-16)25-14-6-4-3-5-7-14;9-8(10)11-6-7-4-2-1-3-5-7/h3-11,17H,12H2,1-2H3,(H,19,20);1-5H,6H2,(H2,9,10). The van der Waals surface area contributed by atoms with Crippen LogP contribution in [-0.2, 0) is 35.5 Å². The highest BCUT2D eigenvalue weighted by molar-refractivity contribution is 7.99. The summed E-state index contributed by atoms with van der Waals surface area (Å²) in [6, 6.07) is 24.2. The van der Waals surface area contributed by atoms with E-state index >= 15 is 0 Å². The third kappa shape index (κ3) is 10.8. The van der Waals surface area contributed by atoms with Gasteiger partial charge < -0.3 is 20.5 Å². The minimum atomic E-state index is -3.77. The van der Waals surface area contributed by atoms with Crippen molar-refractivity contribution < 1.29 is 32.3 Å². The van der Waals surface area contributed by atoms with Crippen LogP contribution in [-0.4, -0.2) is 45.3 Å². The van der Waals surface area contributed by atoms with Gasteiger partial charge in [-0.05, 0) is 42.0 Å². The molecule has 0 saturated heterocycles. The van der Waals surface area contributed by atoms with E-state index in [1.807, 2.05) is 60.7 Å². The van der Waals surface area contributed by atoms with Crippen LogP contribution in [0.3, 0.4) is 0 Å². The molecule has 0 aliphatic heterocycles. The molecule has 0 aromatic heterocycles. The van der Waals surface area contributed by atoms with Crippen molar-refractivity contribution in [1.29, 1.82) is 0 Å². The Bertz CT molecular complexity index is 1270. The van der Waals surface area contributed by atoms with Crippen molar-refractivity contribution in [2.75, 3.05) is 12.9 Å². The highest BCUT2D eigenvalue weighted by atomic mass is 32.2. The van der Waals surface area contributed by atoms with Gasteiger partial charge in [0.05, 0.1) is 17.8 Å². The molecule has 2 amide bonds. The Hall–Kier alpha value is -3.83. The lowest BCUT2D eigenvalue weighted by atomic mass is 10.2. The number of hydrogen-bond donors (Lipinski definition) is 2. The maximum Gasteiger partial charge on any atom is 0.404 e.